The van der Waals surface area contributed by atoms with E-state index in [9.17, 15) is 9.90 Å². The first-order valence-corrected chi connectivity index (χ1v) is 8.84. The Kier molecular flexibility index (Phi) is 5.82. The Morgan fingerprint density at radius 2 is 2.00 bits per heavy atom. The summed E-state index contributed by atoms with van der Waals surface area (Å²) in [6, 6.07) is 10.5. The van der Waals surface area contributed by atoms with Gasteiger partial charge in [0.1, 0.15) is 5.52 Å². The number of hydrogen-bond donors (Lipinski definition) is 2. The van der Waals surface area contributed by atoms with Crippen molar-refractivity contribution in [3.05, 3.63) is 42.0 Å². The van der Waals surface area contributed by atoms with Crippen molar-refractivity contribution in [2.24, 2.45) is 5.10 Å². The SMILES string of the molecule is COc1cc(C=NNC(=O)CSc2nc3ccccc3o2)cc(OC)c1O. The van der Waals surface area contributed by atoms with Gasteiger partial charge < -0.3 is 19.0 Å². The van der Waals surface area contributed by atoms with Crippen LogP contribution in [0.2, 0.25) is 0 Å². The lowest BCUT2D eigenvalue weighted by atomic mass is 10.2. The third kappa shape index (κ3) is 4.50. The van der Waals surface area contributed by atoms with Gasteiger partial charge in [-0.15, -0.1) is 0 Å². The van der Waals surface area contributed by atoms with Gasteiger partial charge >= 0.3 is 0 Å². The first kappa shape index (κ1) is 18.6. The standard InChI is InChI=1S/C18H17N3O5S/c1-24-14-7-11(8-15(25-2)17(14)23)9-19-21-16(22)10-27-18-20-12-5-3-4-6-13(12)26-18/h3-9,23H,10H2,1-2H3,(H,21,22). The molecule has 1 amide bonds. The van der Waals surface area contributed by atoms with Crippen LogP contribution in [0.4, 0.5) is 0 Å². The summed E-state index contributed by atoms with van der Waals surface area (Å²) in [4.78, 5) is 16.2. The molecule has 0 radical (unpaired) electrons. The van der Waals surface area contributed by atoms with E-state index in [0.29, 0.717) is 16.4 Å². The van der Waals surface area contributed by atoms with Gasteiger partial charge in [0.25, 0.3) is 11.1 Å². The van der Waals surface area contributed by atoms with Gasteiger partial charge in [0, 0.05) is 5.56 Å². The van der Waals surface area contributed by atoms with Crippen molar-refractivity contribution in [3.8, 4) is 17.2 Å². The van der Waals surface area contributed by atoms with Crippen LogP contribution in [-0.4, -0.2) is 42.2 Å². The molecule has 1 aromatic heterocycles. The van der Waals surface area contributed by atoms with Crippen molar-refractivity contribution >= 4 is 35.0 Å². The number of aromatic hydroxyl groups is 1. The summed E-state index contributed by atoms with van der Waals surface area (Å²) in [5.41, 5.74) is 4.43. The lowest BCUT2D eigenvalue weighted by molar-refractivity contribution is -0.118. The number of ether oxygens (including phenoxy) is 2. The molecule has 0 aliphatic heterocycles. The molecular formula is C18H17N3O5S. The van der Waals surface area contributed by atoms with Crippen molar-refractivity contribution in [2.75, 3.05) is 20.0 Å². The number of hydrogen-bond acceptors (Lipinski definition) is 8. The fourth-order valence-corrected chi connectivity index (χ4v) is 2.87. The summed E-state index contributed by atoms with van der Waals surface area (Å²) in [6.07, 6.45) is 1.42. The molecule has 0 unspecified atom stereocenters. The van der Waals surface area contributed by atoms with Gasteiger partial charge in [-0.05, 0) is 24.3 Å². The third-order valence-electron chi connectivity index (χ3n) is 3.51. The molecule has 0 aliphatic rings. The average Bonchev–Trinajstić information content (AvgIpc) is 3.10. The summed E-state index contributed by atoms with van der Waals surface area (Å²) >= 11 is 1.18. The van der Waals surface area contributed by atoms with Crippen LogP contribution in [0.3, 0.4) is 0 Å². The largest absolute Gasteiger partial charge is 0.502 e. The fourth-order valence-electron chi connectivity index (χ4n) is 2.24. The number of nitrogens with one attached hydrogen (secondary N) is 1. The van der Waals surface area contributed by atoms with Crippen LogP contribution in [0.25, 0.3) is 11.1 Å². The maximum Gasteiger partial charge on any atom is 0.257 e. The van der Waals surface area contributed by atoms with Crippen LogP contribution in [0.5, 0.6) is 17.2 Å². The van der Waals surface area contributed by atoms with Crippen molar-refractivity contribution < 1.29 is 23.8 Å². The monoisotopic (exact) mass is 387 g/mol. The lowest BCUT2D eigenvalue weighted by Crippen LogP contribution is -2.19. The number of oxazole rings is 1. The number of phenols is 1. The van der Waals surface area contributed by atoms with Gasteiger partial charge in [-0.2, -0.15) is 5.10 Å². The van der Waals surface area contributed by atoms with Crippen LogP contribution in [0, 0.1) is 0 Å². The Morgan fingerprint density at radius 1 is 1.30 bits per heavy atom. The predicted molar refractivity (Wildman–Crippen MR) is 102 cm³/mol. The molecule has 2 aromatic carbocycles. The number of rotatable bonds is 7. The van der Waals surface area contributed by atoms with E-state index in [2.05, 4.69) is 15.5 Å². The Morgan fingerprint density at radius 3 is 2.67 bits per heavy atom. The van der Waals surface area contributed by atoms with Gasteiger partial charge in [-0.1, -0.05) is 23.9 Å². The zero-order valence-electron chi connectivity index (χ0n) is 14.6. The molecule has 9 heteroatoms. The second-order valence-electron chi connectivity index (χ2n) is 5.30. The molecule has 0 saturated carbocycles. The summed E-state index contributed by atoms with van der Waals surface area (Å²) in [7, 11) is 2.86. The number of phenolic OH excluding ortho intramolecular Hbond substituents is 1. The second-order valence-corrected chi connectivity index (χ2v) is 6.23. The molecule has 1 heterocycles. The van der Waals surface area contributed by atoms with Crippen LogP contribution < -0.4 is 14.9 Å². The fraction of sp³-hybridized carbons (Fsp3) is 0.167. The first-order chi connectivity index (χ1) is 13.1. The van der Waals surface area contributed by atoms with E-state index < -0.39 is 0 Å². The number of fused-ring (bicyclic) bond motifs is 1. The number of carbonyl (C=O) groups is 1. The van der Waals surface area contributed by atoms with Gasteiger partial charge in [0.15, 0.2) is 17.1 Å². The number of hydrazone groups is 1. The van der Waals surface area contributed by atoms with Crippen LogP contribution >= 0.6 is 11.8 Å². The Hall–Kier alpha value is -3.20. The van der Waals surface area contributed by atoms with E-state index in [4.69, 9.17) is 13.9 Å². The van der Waals surface area contributed by atoms with Gasteiger partial charge in [-0.25, -0.2) is 10.4 Å². The number of aromatic nitrogens is 1. The third-order valence-corrected chi connectivity index (χ3v) is 4.33. The number of carbonyl (C=O) groups excluding carboxylic acids is 1. The van der Waals surface area contributed by atoms with Gasteiger partial charge in [0.05, 0.1) is 26.2 Å². The molecule has 3 rings (SSSR count). The molecule has 8 nitrogen and oxygen atoms in total. The predicted octanol–water partition coefficient (Wildman–Crippen LogP) is 2.79. The molecule has 2 N–H and O–H groups in total. The average molecular weight is 387 g/mol. The highest BCUT2D eigenvalue weighted by molar-refractivity contribution is 7.99. The van der Waals surface area contributed by atoms with Gasteiger partial charge in [-0.3, -0.25) is 4.79 Å². The normalized spacial score (nSPS) is 11.0. The number of nitrogens with zero attached hydrogens (tertiary/aromatic N) is 2. The smallest absolute Gasteiger partial charge is 0.257 e. The van der Waals surface area contributed by atoms with E-state index in [1.165, 1.54) is 32.2 Å². The second kappa shape index (κ2) is 8.45. The molecular weight excluding hydrogens is 370 g/mol. The number of para-hydroxylation sites is 2. The highest BCUT2D eigenvalue weighted by Gasteiger charge is 2.11. The highest BCUT2D eigenvalue weighted by atomic mass is 32.2. The number of amides is 1. The number of benzene rings is 2. The Balaban J connectivity index is 1.57. The van der Waals surface area contributed by atoms with Crippen molar-refractivity contribution in [1.82, 2.24) is 10.4 Å². The minimum atomic E-state index is -0.309. The van der Waals surface area contributed by atoms with Crippen LogP contribution in [0.15, 0.2) is 51.1 Å². The first-order valence-electron chi connectivity index (χ1n) is 7.86. The van der Waals surface area contributed by atoms with E-state index in [1.54, 1.807) is 12.1 Å². The van der Waals surface area contributed by atoms with E-state index in [-0.39, 0.29) is 28.9 Å². The number of thioether (sulfide) groups is 1. The minimum Gasteiger partial charge on any atom is -0.502 e. The minimum absolute atomic E-state index is 0.101. The highest BCUT2D eigenvalue weighted by Crippen LogP contribution is 2.36. The maximum atomic E-state index is 11.9. The van der Waals surface area contributed by atoms with Crippen molar-refractivity contribution in [2.45, 2.75) is 5.22 Å². The van der Waals surface area contributed by atoms with Crippen LogP contribution in [0.1, 0.15) is 5.56 Å². The molecule has 0 atom stereocenters. The molecule has 0 saturated heterocycles. The molecule has 0 fully saturated rings. The molecule has 27 heavy (non-hydrogen) atoms. The van der Waals surface area contributed by atoms with Gasteiger partial charge in [0.2, 0.25) is 5.75 Å². The maximum absolute atomic E-state index is 11.9. The molecule has 140 valence electrons. The summed E-state index contributed by atoms with van der Waals surface area (Å²) < 4.78 is 15.7. The molecule has 0 spiro atoms. The number of methoxy groups -OCH3 is 2. The van der Waals surface area contributed by atoms with E-state index in [0.717, 1.165) is 5.52 Å². The van der Waals surface area contributed by atoms with Crippen LogP contribution in [-0.2, 0) is 4.79 Å². The Labute approximate surface area is 159 Å². The topological polar surface area (TPSA) is 106 Å². The van der Waals surface area contributed by atoms with E-state index >= 15 is 0 Å². The molecule has 3 aromatic rings. The quantitative estimate of drug-likeness (QED) is 0.365. The summed E-state index contributed by atoms with van der Waals surface area (Å²) in [6.45, 7) is 0. The zero-order valence-corrected chi connectivity index (χ0v) is 15.4. The van der Waals surface area contributed by atoms with E-state index in [1.807, 2.05) is 24.3 Å². The molecule has 0 aliphatic carbocycles. The Bertz CT molecular complexity index is 928. The van der Waals surface area contributed by atoms with Crippen molar-refractivity contribution in [1.29, 1.82) is 0 Å². The van der Waals surface area contributed by atoms with Crippen molar-refractivity contribution in [3.63, 3.8) is 0 Å². The zero-order chi connectivity index (χ0) is 19.2. The molecule has 0 bridgehead atoms. The summed E-state index contributed by atoms with van der Waals surface area (Å²) in [5.74, 6) is 0.182. The summed E-state index contributed by atoms with van der Waals surface area (Å²) in [5, 5.41) is 14.2. The lowest BCUT2D eigenvalue weighted by Gasteiger charge is -2.09.